The molecule has 1 heterocycles. The van der Waals surface area contributed by atoms with Crippen molar-refractivity contribution < 1.29 is 19.2 Å². The van der Waals surface area contributed by atoms with Crippen LogP contribution in [0.2, 0.25) is 0 Å². The maximum Gasteiger partial charge on any atom is 0.410 e. The predicted molar refractivity (Wildman–Crippen MR) is 71.4 cm³/mol. The van der Waals surface area contributed by atoms with E-state index < -0.39 is 18.1 Å². The van der Waals surface area contributed by atoms with Crippen LogP contribution in [0.1, 0.15) is 33.6 Å². The molecule has 1 aliphatic rings. The summed E-state index contributed by atoms with van der Waals surface area (Å²) in [5.74, 6) is 0. The normalized spacial score (nSPS) is 20.7. The number of likely N-dealkylation sites (tertiary alicyclic amines) is 1. The minimum Gasteiger partial charge on any atom is -0.444 e. The van der Waals surface area contributed by atoms with E-state index in [4.69, 9.17) is 4.74 Å². The van der Waals surface area contributed by atoms with Gasteiger partial charge in [0.2, 0.25) is 0 Å². The van der Waals surface area contributed by atoms with Gasteiger partial charge in [-0.15, -0.1) is 0 Å². The van der Waals surface area contributed by atoms with E-state index in [9.17, 15) is 14.5 Å². The average Bonchev–Trinajstić information content (AvgIpc) is 2.14. The summed E-state index contributed by atoms with van der Waals surface area (Å²) in [6, 6.07) is 0. The van der Waals surface area contributed by atoms with Gasteiger partial charge in [-0.3, -0.25) is 0 Å². The molecule has 0 aromatic rings. The number of nitrogens with zero attached hydrogens (tertiary/aromatic N) is 1. The van der Waals surface area contributed by atoms with Crippen molar-refractivity contribution in [2.24, 2.45) is 0 Å². The number of carbonyl (C=O) groups excluding carboxylic acids is 1. The van der Waals surface area contributed by atoms with Gasteiger partial charge in [-0.2, -0.15) is 0 Å². The van der Waals surface area contributed by atoms with Crippen LogP contribution in [0.4, 0.5) is 4.79 Å². The first kappa shape index (κ1) is 15.5. The lowest BCUT2D eigenvalue weighted by Gasteiger charge is -2.40. The number of rotatable bonds is 1. The molecule has 0 bridgehead atoms. The van der Waals surface area contributed by atoms with Gasteiger partial charge in [0.05, 0.1) is 0 Å². The van der Waals surface area contributed by atoms with Crippen LogP contribution in [0.25, 0.3) is 0 Å². The second-order valence-electron chi connectivity index (χ2n) is 6.30. The van der Waals surface area contributed by atoms with Crippen molar-refractivity contribution in [2.75, 3.05) is 26.4 Å². The van der Waals surface area contributed by atoms with E-state index in [1.807, 2.05) is 20.8 Å². The molecule has 106 valence electrons. The number of ether oxygens (including phenoxy) is 1. The van der Waals surface area contributed by atoms with Gasteiger partial charge in [0, 0.05) is 25.9 Å². The monoisotopic (exact) mass is 277 g/mol. The molecule has 0 spiro atoms. The van der Waals surface area contributed by atoms with E-state index in [0.717, 1.165) is 0 Å². The minimum atomic E-state index is -2.57. The molecule has 0 radical (unpaired) electrons. The zero-order valence-electron chi connectivity index (χ0n) is 11.9. The maximum atomic E-state index is 12.0. The molecule has 1 N–H and O–H groups in total. The van der Waals surface area contributed by atoms with Crippen LogP contribution < -0.4 is 0 Å². The number of carbonyl (C=O) groups is 1. The molecule has 0 atom stereocenters. The summed E-state index contributed by atoms with van der Waals surface area (Å²) < 4.78 is 17.3. The van der Waals surface area contributed by atoms with Gasteiger partial charge in [-0.05, 0) is 34.1 Å². The number of amides is 1. The molecule has 18 heavy (non-hydrogen) atoms. The standard InChI is InChI=1S/C12H24NO4P/c1-11(2,3)17-10(14)13-8-6-12(15,7-9-13)18(4,5)16/h15H,6-9H2,1-5H3. The van der Waals surface area contributed by atoms with Crippen molar-refractivity contribution in [2.45, 2.75) is 44.6 Å². The van der Waals surface area contributed by atoms with Crippen LogP contribution in [-0.2, 0) is 9.30 Å². The van der Waals surface area contributed by atoms with Gasteiger partial charge in [0.25, 0.3) is 0 Å². The lowest BCUT2D eigenvalue weighted by Crippen LogP contribution is -2.47. The third-order valence-electron chi connectivity index (χ3n) is 3.22. The van der Waals surface area contributed by atoms with Crippen molar-refractivity contribution in [3.05, 3.63) is 0 Å². The zero-order chi connectivity index (χ0) is 14.2. The van der Waals surface area contributed by atoms with Crippen molar-refractivity contribution >= 4 is 13.2 Å². The van der Waals surface area contributed by atoms with Gasteiger partial charge in [-0.25, -0.2) is 4.79 Å². The highest BCUT2D eigenvalue weighted by Crippen LogP contribution is 2.54. The predicted octanol–water partition coefficient (Wildman–Crippen LogP) is 2.33. The summed E-state index contributed by atoms with van der Waals surface area (Å²) in [7, 11) is -2.57. The Morgan fingerprint density at radius 2 is 1.72 bits per heavy atom. The van der Waals surface area contributed by atoms with Crippen LogP contribution >= 0.6 is 7.14 Å². The Bertz CT molecular complexity index is 361. The van der Waals surface area contributed by atoms with E-state index in [1.54, 1.807) is 18.2 Å². The summed E-state index contributed by atoms with van der Waals surface area (Å²) in [5.41, 5.74) is -0.518. The summed E-state index contributed by atoms with van der Waals surface area (Å²) in [6.07, 6.45) is 0.319. The first-order chi connectivity index (χ1) is 7.95. The van der Waals surface area contributed by atoms with E-state index >= 15 is 0 Å². The first-order valence-corrected chi connectivity index (χ1v) is 8.80. The highest BCUT2D eigenvalue weighted by Gasteiger charge is 2.43. The summed E-state index contributed by atoms with van der Waals surface area (Å²) in [4.78, 5) is 13.4. The van der Waals surface area contributed by atoms with Crippen LogP contribution in [0.5, 0.6) is 0 Å². The Labute approximate surface area is 109 Å². The lowest BCUT2D eigenvalue weighted by molar-refractivity contribution is 0.00111. The number of aliphatic hydroxyl groups is 1. The van der Waals surface area contributed by atoms with Crippen LogP contribution in [-0.4, -0.2) is 53.5 Å². The number of piperidine rings is 1. The Balaban J connectivity index is 2.60. The molecule has 5 nitrogen and oxygen atoms in total. The maximum absolute atomic E-state index is 12.0. The van der Waals surface area contributed by atoms with Crippen LogP contribution in [0.3, 0.4) is 0 Å². The minimum absolute atomic E-state index is 0.344. The molecule has 1 fully saturated rings. The molecular weight excluding hydrogens is 253 g/mol. The molecule has 0 aliphatic carbocycles. The topological polar surface area (TPSA) is 66.8 Å². The Morgan fingerprint density at radius 3 is 2.06 bits per heavy atom. The van der Waals surface area contributed by atoms with E-state index in [1.165, 1.54) is 0 Å². The van der Waals surface area contributed by atoms with Gasteiger partial charge in [0.15, 0.2) is 0 Å². The highest BCUT2D eigenvalue weighted by atomic mass is 31.2. The van der Waals surface area contributed by atoms with E-state index in [0.29, 0.717) is 25.9 Å². The second-order valence-corrected chi connectivity index (χ2v) is 9.83. The fraction of sp³-hybridized carbons (Fsp3) is 0.917. The molecule has 0 aromatic heterocycles. The van der Waals surface area contributed by atoms with Crippen molar-refractivity contribution in [3.63, 3.8) is 0 Å². The largest absolute Gasteiger partial charge is 0.444 e. The molecule has 1 aliphatic heterocycles. The highest BCUT2D eigenvalue weighted by molar-refractivity contribution is 7.63. The molecule has 0 unspecified atom stereocenters. The fourth-order valence-electron chi connectivity index (χ4n) is 1.91. The molecule has 0 saturated carbocycles. The van der Waals surface area contributed by atoms with Gasteiger partial charge in [-0.1, -0.05) is 0 Å². The van der Waals surface area contributed by atoms with Crippen molar-refractivity contribution in [3.8, 4) is 0 Å². The quantitative estimate of drug-likeness (QED) is 0.747. The van der Waals surface area contributed by atoms with Crippen LogP contribution in [0.15, 0.2) is 0 Å². The third kappa shape index (κ3) is 3.72. The summed E-state index contributed by atoms with van der Waals surface area (Å²) in [6.45, 7) is 9.41. The lowest BCUT2D eigenvalue weighted by atomic mass is 10.1. The summed E-state index contributed by atoms with van der Waals surface area (Å²) >= 11 is 0. The number of hydrogen-bond acceptors (Lipinski definition) is 4. The molecule has 1 saturated heterocycles. The van der Waals surface area contributed by atoms with Gasteiger partial charge < -0.3 is 19.3 Å². The van der Waals surface area contributed by atoms with Crippen molar-refractivity contribution in [1.29, 1.82) is 0 Å². The average molecular weight is 277 g/mol. The van der Waals surface area contributed by atoms with Crippen molar-refractivity contribution in [1.82, 2.24) is 4.90 Å². The first-order valence-electron chi connectivity index (χ1n) is 6.20. The van der Waals surface area contributed by atoms with E-state index in [2.05, 4.69) is 0 Å². The second kappa shape index (κ2) is 4.86. The Kier molecular flexibility index (Phi) is 4.19. The molecule has 1 rings (SSSR count). The smallest absolute Gasteiger partial charge is 0.410 e. The molecule has 0 aromatic carbocycles. The molecular formula is C12H24NO4P. The number of hydrogen-bond donors (Lipinski definition) is 1. The van der Waals surface area contributed by atoms with E-state index in [-0.39, 0.29) is 6.09 Å². The Morgan fingerprint density at radius 1 is 1.28 bits per heavy atom. The van der Waals surface area contributed by atoms with Gasteiger partial charge in [0.1, 0.15) is 18.1 Å². The van der Waals surface area contributed by atoms with Gasteiger partial charge >= 0.3 is 6.09 Å². The molecule has 1 amide bonds. The third-order valence-corrected chi connectivity index (χ3v) is 5.67. The molecule has 6 heteroatoms. The summed E-state index contributed by atoms with van der Waals surface area (Å²) in [5, 5.41) is 9.16. The Hall–Kier alpha value is -0.540. The zero-order valence-corrected chi connectivity index (χ0v) is 12.8. The SMILES string of the molecule is CC(C)(C)OC(=O)N1CCC(O)(P(C)(C)=O)CC1. The van der Waals surface area contributed by atoms with Crippen LogP contribution in [0, 0.1) is 0 Å². The fourth-order valence-corrected chi connectivity index (χ4v) is 3.19.